The summed E-state index contributed by atoms with van der Waals surface area (Å²) in [4.78, 5) is 14.1. The lowest BCUT2D eigenvalue weighted by Gasteiger charge is -2.29. The van der Waals surface area contributed by atoms with Gasteiger partial charge < -0.3 is 4.90 Å². The van der Waals surface area contributed by atoms with Crippen LogP contribution in [0.4, 0.5) is 0 Å². The first-order valence-corrected chi connectivity index (χ1v) is 7.50. The maximum Gasteiger partial charge on any atom is 0.222 e. The Hall–Kier alpha value is -1.16. The zero-order valence-electron chi connectivity index (χ0n) is 12.4. The van der Waals surface area contributed by atoms with Gasteiger partial charge in [0.2, 0.25) is 5.91 Å². The number of carbonyl (C=O) groups excluding carboxylic acids is 1. The van der Waals surface area contributed by atoms with Crippen molar-refractivity contribution in [2.24, 2.45) is 11.3 Å². The number of halogens is 1. The van der Waals surface area contributed by atoms with Crippen LogP contribution in [-0.4, -0.2) is 27.5 Å². The Balaban J connectivity index is 2.02. The molecule has 110 valence electrons. The average molecular weight is 296 g/mol. The van der Waals surface area contributed by atoms with Crippen LogP contribution in [0.3, 0.4) is 0 Å². The molecule has 0 aliphatic carbocycles. The molecule has 5 heteroatoms. The first-order chi connectivity index (χ1) is 9.36. The van der Waals surface area contributed by atoms with E-state index in [1.807, 2.05) is 11.0 Å². The zero-order chi connectivity index (χ0) is 14.8. The number of aromatic nitrogens is 2. The Morgan fingerprint density at radius 3 is 2.65 bits per heavy atom. The molecule has 0 aromatic carbocycles. The van der Waals surface area contributed by atoms with Crippen LogP contribution in [-0.2, 0) is 11.3 Å². The Morgan fingerprint density at radius 1 is 1.30 bits per heavy atom. The molecule has 1 saturated heterocycles. The van der Waals surface area contributed by atoms with Gasteiger partial charge in [0.05, 0.1) is 12.2 Å². The molecule has 1 atom stereocenters. The van der Waals surface area contributed by atoms with E-state index in [1.54, 1.807) is 6.07 Å². The van der Waals surface area contributed by atoms with Gasteiger partial charge in [-0.15, -0.1) is 5.10 Å². The number of nitrogens with zero attached hydrogens (tertiary/aromatic N) is 3. The minimum Gasteiger partial charge on any atom is -0.337 e. The highest BCUT2D eigenvalue weighted by Gasteiger charge is 2.29. The van der Waals surface area contributed by atoms with Crippen molar-refractivity contribution in [1.82, 2.24) is 15.1 Å². The van der Waals surface area contributed by atoms with E-state index in [2.05, 4.69) is 31.0 Å². The molecule has 0 bridgehead atoms. The second-order valence-corrected chi connectivity index (χ2v) is 6.94. The molecule has 4 nitrogen and oxygen atoms in total. The molecule has 0 radical (unpaired) electrons. The highest BCUT2D eigenvalue weighted by molar-refractivity contribution is 6.29. The SMILES string of the molecule is CC(C)(C)C1CCC(=O)N(Cc2ccc(Cl)nn2)CC1. The fourth-order valence-electron chi connectivity index (χ4n) is 2.69. The summed E-state index contributed by atoms with van der Waals surface area (Å²) in [6.45, 7) is 8.08. The van der Waals surface area contributed by atoms with Crippen LogP contribution in [0, 0.1) is 11.3 Å². The van der Waals surface area contributed by atoms with Crippen molar-refractivity contribution in [1.29, 1.82) is 0 Å². The minimum absolute atomic E-state index is 0.216. The van der Waals surface area contributed by atoms with Crippen LogP contribution in [0.25, 0.3) is 0 Å². The van der Waals surface area contributed by atoms with Crippen molar-refractivity contribution in [3.8, 4) is 0 Å². The lowest BCUT2D eigenvalue weighted by molar-refractivity contribution is -0.131. The Labute approximate surface area is 125 Å². The van der Waals surface area contributed by atoms with Gasteiger partial charge in [-0.05, 0) is 36.3 Å². The van der Waals surface area contributed by atoms with Crippen LogP contribution in [0.15, 0.2) is 12.1 Å². The molecule has 1 fully saturated rings. The molecule has 1 amide bonds. The van der Waals surface area contributed by atoms with E-state index in [1.165, 1.54) is 0 Å². The van der Waals surface area contributed by atoms with Gasteiger partial charge in [-0.3, -0.25) is 4.79 Å². The Kier molecular flexibility index (Phi) is 4.63. The normalized spacial score (nSPS) is 20.9. The van der Waals surface area contributed by atoms with Gasteiger partial charge in [0.1, 0.15) is 0 Å². The van der Waals surface area contributed by atoms with Crippen LogP contribution in [0.1, 0.15) is 45.7 Å². The number of amides is 1. The summed E-state index contributed by atoms with van der Waals surface area (Å²) in [7, 11) is 0. The van der Waals surface area contributed by atoms with Gasteiger partial charge in [-0.25, -0.2) is 0 Å². The molecule has 20 heavy (non-hydrogen) atoms. The summed E-state index contributed by atoms with van der Waals surface area (Å²) >= 11 is 5.72. The molecule has 1 unspecified atom stereocenters. The van der Waals surface area contributed by atoms with E-state index >= 15 is 0 Å². The van der Waals surface area contributed by atoms with E-state index in [9.17, 15) is 4.79 Å². The number of carbonyl (C=O) groups is 1. The molecule has 1 aliphatic heterocycles. The molecule has 0 N–H and O–H groups in total. The minimum atomic E-state index is 0.216. The van der Waals surface area contributed by atoms with Gasteiger partial charge in [-0.2, -0.15) is 5.10 Å². The smallest absolute Gasteiger partial charge is 0.222 e. The summed E-state index contributed by atoms with van der Waals surface area (Å²) in [5.74, 6) is 0.807. The summed E-state index contributed by atoms with van der Waals surface area (Å²) in [6.07, 6.45) is 2.66. The first kappa shape index (κ1) is 15.2. The lowest BCUT2D eigenvalue weighted by atomic mass is 9.77. The number of rotatable bonds is 2. The quantitative estimate of drug-likeness (QED) is 0.841. The lowest BCUT2D eigenvalue weighted by Crippen LogP contribution is -2.30. The van der Waals surface area contributed by atoms with E-state index in [-0.39, 0.29) is 11.3 Å². The molecule has 2 rings (SSSR count). The van der Waals surface area contributed by atoms with Gasteiger partial charge in [0.15, 0.2) is 5.15 Å². The molecular formula is C15H22ClN3O. The predicted molar refractivity (Wildman–Crippen MR) is 79.3 cm³/mol. The number of likely N-dealkylation sites (tertiary alicyclic amines) is 1. The highest BCUT2D eigenvalue weighted by atomic mass is 35.5. The van der Waals surface area contributed by atoms with Gasteiger partial charge in [0.25, 0.3) is 0 Å². The van der Waals surface area contributed by atoms with E-state index in [0.717, 1.165) is 25.1 Å². The van der Waals surface area contributed by atoms with Gasteiger partial charge in [-0.1, -0.05) is 32.4 Å². The average Bonchev–Trinajstić information content (AvgIpc) is 2.55. The van der Waals surface area contributed by atoms with Crippen molar-refractivity contribution < 1.29 is 4.79 Å². The number of hydrogen-bond donors (Lipinski definition) is 0. The maximum atomic E-state index is 12.2. The van der Waals surface area contributed by atoms with Crippen molar-refractivity contribution in [3.05, 3.63) is 23.0 Å². The summed E-state index contributed by atoms with van der Waals surface area (Å²) in [5, 5.41) is 8.23. The molecule has 1 aromatic heterocycles. The molecule has 2 heterocycles. The molecular weight excluding hydrogens is 274 g/mol. The molecule has 1 aromatic rings. The van der Waals surface area contributed by atoms with Crippen LogP contribution >= 0.6 is 11.6 Å². The Bertz CT molecular complexity index is 467. The maximum absolute atomic E-state index is 12.2. The fraction of sp³-hybridized carbons (Fsp3) is 0.667. The summed E-state index contributed by atoms with van der Waals surface area (Å²) < 4.78 is 0. The first-order valence-electron chi connectivity index (χ1n) is 7.12. The summed E-state index contributed by atoms with van der Waals surface area (Å²) in [5.41, 5.74) is 1.05. The van der Waals surface area contributed by atoms with Crippen molar-refractivity contribution in [3.63, 3.8) is 0 Å². The van der Waals surface area contributed by atoms with E-state index < -0.39 is 0 Å². The molecule has 1 aliphatic rings. The van der Waals surface area contributed by atoms with Crippen molar-refractivity contribution >= 4 is 17.5 Å². The van der Waals surface area contributed by atoms with Gasteiger partial charge >= 0.3 is 0 Å². The second kappa shape index (κ2) is 6.08. The summed E-state index contributed by atoms with van der Waals surface area (Å²) in [6, 6.07) is 3.54. The van der Waals surface area contributed by atoms with Crippen molar-refractivity contribution in [2.45, 2.75) is 46.6 Å². The van der Waals surface area contributed by atoms with Gasteiger partial charge in [0, 0.05) is 13.0 Å². The fourth-order valence-corrected chi connectivity index (χ4v) is 2.79. The third-order valence-electron chi connectivity index (χ3n) is 4.07. The highest BCUT2D eigenvalue weighted by Crippen LogP contribution is 2.34. The van der Waals surface area contributed by atoms with E-state index in [0.29, 0.717) is 24.0 Å². The van der Waals surface area contributed by atoms with Crippen molar-refractivity contribution in [2.75, 3.05) is 6.54 Å². The monoisotopic (exact) mass is 295 g/mol. The zero-order valence-corrected chi connectivity index (χ0v) is 13.2. The third-order valence-corrected chi connectivity index (χ3v) is 4.27. The molecule has 0 spiro atoms. The van der Waals surface area contributed by atoms with Crippen LogP contribution < -0.4 is 0 Å². The standard InChI is InChI=1S/C15H22ClN3O/c1-15(2,3)11-4-7-14(20)19(9-8-11)10-12-5-6-13(16)18-17-12/h5-6,11H,4,7-10H2,1-3H3. The topological polar surface area (TPSA) is 46.1 Å². The molecule has 0 saturated carbocycles. The number of hydrogen-bond acceptors (Lipinski definition) is 3. The van der Waals surface area contributed by atoms with Crippen LogP contribution in [0.2, 0.25) is 5.15 Å². The largest absolute Gasteiger partial charge is 0.337 e. The van der Waals surface area contributed by atoms with E-state index in [4.69, 9.17) is 11.6 Å². The third kappa shape index (κ3) is 3.92. The van der Waals surface area contributed by atoms with Crippen LogP contribution in [0.5, 0.6) is 0 Å². The predicted octanol–water partition coefficient (Wildman–Crippen LogP) is 3.30. The Morgan fingerprint density at radius 2 is 2.05 bits per heavy atom. The second-order valence-electron chi connectivity index (χ2n) is 6.55.